The van der Waals surface area contributed by atoms with Crippen molar-refractivity contribution in [1.29, 1.82) is 0 Å². The highest BCUT2D eigenvalue weighted by Gasteiger charge is 2.34. The quantitative estimate of drug-likeness (QED) is 0.554. The molecule has 10 heteroatoms. The van der Waals surface area contributed by atoms with E-state index in [1.807, 2.05) is 0 Å². The van der Waals surface area contributed by atoms with Crippen molar-refractivity contribution in [2.75, 3.05) is 19.7 Å². The van der Waals surface area contributed by atoms with E-state index >= 15 is 0 Å². The molecule has 0 unspecified atom stereocenters. The van der Waals surface area contributed by atoms with E-state index in [9.17, 15) is 21.6 Å². The number of esters is 1. The Kier molecular flexibility index (Phi) is 5.90. The summed E-state index contributed by atoms with van der Waals surface area (Å²) in [5.74, 6) is -0.892. The maximum absolute atomic E-state index is 12.7. The van der Waals surface area contributed by atoms with Crippen LogP contribution in [-0.2, 0) is 28.6 Å². The Labute approximate surface area is 146 Å². The van der Waals surface area contributed by atoms with E-state index in [0.717, 1.165) is 12.1 Å². The van der Waals surface area contributed by atoms with Crippen molar-refractivity contribution in [1.82, 2.24) is 4.31 Å². The van der Waals surface area contributed by atoms with Crippen LogP contribution in [-0.4, -0.2) is 46.8 Å². The van der Waals surface area contributed by atoms with Crippen LogP contribution in [0.3, 0.4) is 0 Å². The fourth-order valence-electron chi connectivity index (χ4n) is 2.54. The van der Waals surface area contributed by atoms with Crippen molar-refractivity contribution in [2.45, 2.75) is 29.6 Å². The van der Waals surface area contributed by atoms with E-state index in [1.165, 1.54) is 16.4 Å². The van der Waals surface area contributed by atoms with Gasteiger partial charge in [-0.2, -0.15) is 4.31 Å². The normalized spacial score (nSPS) is 19.8. The van der Waals surface area contributed by atoms with Gasteiger partial charge >= 0.3 is 5.97 Å². The number of sulfonamides is 1. The number of hydrogen-bond donors (Lipinski definition) is 0. The molecule has 7 nitrogen and oxygen atoms in total. The third-order valence-electron chi connectivity index (χ3n) is 3.75. The number of ether oxygens (including phenoxy) is 1. The topological polar surface area (TPSA) is 97.8 Å². The van der Waals surface area contributed by atoms with Gasteiger partial charge in [0, 0.05) is 23.8 Å². The Morgan fingerprint density at radius 2 is 1.79 bits per heavy atom. The number of carbonyl (C=O) groups is 1. The van der Waals surface area contributed by atoms with Crippen molar-refractivity contribution >= 4 is 35.7 Å². The molecule has 1 atom stereocenters. The Balaban J connectivity index is 2.22. The molecular formula is C14H18ClNO6S2. The van der Waals surface area contributed by atoms with Crippen LogP contribution in [0.15, 0.2) is 34.1 Å². The minimum absolute atomic E-state index is 0.0453. The molecule has 0 radical (unpaired) electrons. The molecular weight excluding hydrogens is 378 g/mol. The monoisotopic (exact) mass is 395 g/mol. The zero-order chi connectivity index (χ0) is 18.0. The highest BCUT2D eigenvalue weighted by atomic mass is 35.7. The zero-order valence-electron chi connectivity index (χ0n) is 13.0. The standard InChI is InChI=1S/C14H18ClNO6S2/c1-2-22-14(17)11-4-3-9-16(10-11)24(20,21)13-7-5-12(6-8-13)23(15,18)19/h5-8,11H,2-4,9-10H2,1H3/t11-/m1/s1. The maximum atomic E-state index is 12.7. The maximum Gasteiger partial charge on any atom is 0.310 e. The average Bonchev–Trinajstić information content (AvgIpc) is 2.54. The lowest BCUT2D eigenvalue weighted by Gasteiger charge is -2.30. The third-order valence-corrected chi connectivity index (χ3v) is 7.00. The van der Waals surface area contributed by atoms with Gasteiger partial charge in [-0.3, -0.25) is 4.79 Å². The zero-order valence-corrected chi connectivity index (χ0v) is 15.4. The van der Waals surface area contributed by atoms with Crippen LogP contribution in [0.4, 0.5) is 0 Å². The smallest absolute Gasteiger partial charge is 0.310 e. The molecule has 1 aromatic carbocycles. The largest absolute Gasteiger partial charge is 0.466 e. The Morgan fingerprint density at radius 3 is 2.33 bits per heavy atom. The Morgan fingerprint density at radius 1 is 1.21 bits per heavy atom. The van der Waals surface area contributed by atoms with Gasteiger partial charge in [0.1, 0.15) is 0 Å². The van der Waals surface area contributed by atoms with Crippen LogP contribution in [0.2, 0.25) is 0 Å². The van der Waals surface area contributed by atoms with E-state index in [-0.39, 0.29) is 22.9 Å². The summed E-state index contributed by atoms with van der Waals surface area (Å²) >= 11 is 0. The van der Waals surface area contributed by atoms with E-state index in [2.05, 4.69) is 0 Å². The highest BCUT2D eigenvalue weighted by Crippen LogP contribution is 2.25. The van der Waals surface area contributed by atoms with Crippen LogP contribution in [0.1, 0.15) is 19.8 Å². The van der Waals surface area contributed by atoms with E-state index in [1.54, 1.807) is 6.92 Å². The molecule has 0 amide bonds. The van der Waals surface area contributed by atoms with Crippen molar-refractivity contribution in [3.05, 3.63) is 24.3 Å². The number of rotatable bonds is 5. The molecule has 1 fully saturated rings. The molecule has 0 aromatic heterocycles. The molecule has 0 N–H and O–H groups in total. The molecule has 134 valence electrons. The Hall–Kier alpha value is -1.16. The highest BCUT2D eigenvalue weighted by molar-refractivity contribution is 8.13. The second-order valence-electron chi connectivity index (χ2n) is 5.36. The molecule has 0 saturated carbocycles. The summed E-state index contributed by atoms with van der Waals surface area (Å²) in [7, 11) is -2.51. The SMILES string of the molecule is CCOC(=O)[C@@H]1CCCN(S(=O)(=O)c2ccc(S(=O)(=O)Cl)cc2)C1. The summed E-state index contributed by atoms with van der Waals surface area (Å²) in [5.41, 5.74) is 0. The first-order valence-electron chi connectivity index (χ1n) is 7.37. The van der Waals surface area contributed by atoms with Gasteiger partial charge in [-0.15, -0.1) is 0 Å². The number of piperidine rings is 1. The van der Waals surface area contributed by atoms with Gasteiger partial charge in [-0.05, 0) is 44.0 Å². The first-order chi connectivity index (χ1) is 11.2. The molecule has 1 heterocycles. The fraction of sp³-hybridized carbons (Fsp3) is 0.500. The molecule has 1 aromatic rings. The van der Waals surface area contributed by atoms with Gasteiger partial charge in [-0.1, -0.05) is 0 Å². The summed E-state index contributed by atoms with van der Waals surface area (Å²) in [4.78, 5) is 11.6. The van der Waals surface area contributed by atoms with Crippen LogP contribution in [0.25, 0.3) is 0 Å². The summed E-state index contributed by atoms with van der Waals surface area (Å²) in [6.07, 6.45) is 1.13. The number of carbonyl (C=O) groups excluding carboxylic acids is 1. The number of benzene rings is 1. The number of halogens is 1. The molecule has 1 saturated heterocycles. The van der Waals surface area contributed by atoms with E-state index in [0.29, 0.717) is 19.4 Å². The first-order valence-corrected chi connectivity index (χ1v) is 11.1. The lowest BCUT2D eigenvalue weighted by Crippen LogP contribution is -2.42. The first kappa shape index (κ1) is 19.2. The predicted molar refractivity (Wildman–Crippen MR) is 87.6 cm³/mol. The van der Waals surface area contributed by atoms with Crippen molar-refractivity contribution in [2.24, 2.45) is 5.92 Å². The van der Waals surface area contributed by atoms with Crippen LogP contribution in [0, 0.1) is 5.92 Å². The van der Waals surface area contributed by atoms with Gasteiger partial charge in [0.05, 0.1) is 22.3 Å². The lowest BCUT2D eigenvalue weighted by atomic mass is 10.0. The summed E-state index contributed by atoms with van der Waals surface area (Å²) in [6, 6.07) is 4.67. The van der Waals surface area contributed by atoms with Gasteiger partial charge < -0.3 is 4.74 Å². The van der Waals surface area contributed by atoms with Gasteiger partial charge in [0.2, 0.25) is 10.0 Å². The van der Waals surface area contributed by atoms with Gasteiger partial charge in [-0.25, -0.2) is 16.8 Å². The molecule has 0 spiro atoms. The predicted octanol–water partition coefficient (Wildman–Crippen LogP) is 1.58. The molecule has 0 aliphatic carbocycles. The summed E-state index contributed by atoms with van der Waals surface area (Å²) in [5, 5.41) is 0. The molecule has 1 aliphatic rings. The molecule has 0 bridgehead atoms. The number of hydrogen-bond acceptors (Lipinski definition) is 6. The van der Waals surface area contributed by atoms with Crippen molar-refractivity contribution in [3.8, 4) is 0 Å². The summed E-state index contributed by atoms with van der Waals surface area (Å²) in [6.45, 7) is 2.29. The summed E-state index contributed by atoms with van der Waals surface area (Å²) < 4.78 is 54.0. The van der Waals surface area contributed by atoms with Crippen molar-refractivity contribution < 1.29 is 26.4 Å². The number of nitrogens with zero attached hydrogens (tertiary/aromatic N) is 1. The molecule has 2 rings (SSSR count). The second-order valence-corrected chi connectivity index (χ2v) is 9.87. The van der Waals surface area contributed by atoms with Gasteiger partial charge in [0.25, 0.3) is 9.05 Å². The van der Waals surface area contributed by atoms with E-state index in [4.69, 9.17) is 15.4 Å². The minimum Gasteiger partial charge on any atom is -0.466 e. The molecule has 1 aliphatic heterocycles. The van der Waals surface area contributed by atoms with Crippen LogP contribution in [0.5, 0.6) is 0 Å². The Bertz CT molecular complexity index is 804. The van der Waals surface area contributed by atoms with Gasteiger partial charge in [0.15, 0.2) is 0 Å². The van der Waals surface area contributed by atoms with Crippen LogP contribution >= 0.6 is 10.7 Å². The lowest BCUT2D eigenvalue weighted by molar-refractivity contribution is -0.149. The minimum atomic E-state index is -3.91. The van der Waals surface area contributed by atoms with Crippen molar-refractivity contribution in [3.63, 3.8) is 0 Å². The average molecular weight is 396 g/mol. The third kappa shape index (κ3) is 4.27. The second kappa shape index (κ2) is 7.38. The fourth-order valence-corrected chi connectivity index (χ4v) is 4.83. The van der Waals surface area contributed by atoms with Crippen LogP contribution < -0.4 is 0 Å². The molecule has 24 heavy (non-hydrogen) atoms. The van der Waals surface area contributed by atoms with E-state index < -0.39 is 31.0 Å².